The Morgan fingerprint density at radius 3 is 1.29 bits per heavy atom. The van der Waals surface area contributed by atoms with Gasteiger partial charge in [0.05, 0.1) is 78.2 Å². The minimum atomic E-state index is -0.424. The van der Waals surface area contributed by atoms with Gasteiger partial charge in [-0.2, -0.15) is 0 Å². The molecule has 0 aromatic heterocycles. The van der Waals surface area contributed by atoms with Crippen LogP contribution in [0.3, 0.4) is 0 Å². The highest BCUT2D eigenvalue weighted by molar-refractivity contribution is 5.93. The molecule has 4 amide bonds. The number of anilines is 4. The standard InChI is InChI=1S/C42H64N6O11/c1-27(2)39-41(53)45-33(23-49)21-29-19-31(7-9-35(29)47(39)5)43-37(51)25-58-17-15-56-13-11-55-12-14-57-16-18-59-26-38(52)44-32-8-10-36-30(20-32)22-34(24-50)46-42(54)40(28(3)4)48(36)6/h7-10,19-20,27-28,33-34,39-40,49-50H,11-18,21-26H2,1-6H3,(H,43,51)(H,44,52)(H,45,53)(H,46,54)/t33-,34-,39-,40-/m0/s1. The number of nitrogens with one attached hydrogen (secondary N) is 4. The predicted molar refractivity (Wildman–Crippen MR) is 224 cm³/mol. The normalized spacial score (nSPS) is 19.6. The Hall–Kier alpha value is -4.36. The van der Waals surface area contributed by atoms with Crippen LogP contribution in [0.2, 0.25) is 0 Å². The number of ether oxygens (including phenoxy) is 5. The lowest BCUT2D eigenvalue weighted by molar-refractivity contribution is -0.125. The van der Waals surface area contributed by atoms with E-state index in [1.165, 1.54) is 0 Å². The molecule has 17 heteroatoms. The van der Waals surface area contributed by atoms with Crippen LogP contribution >= 0.6 is 0 Å². The molecule has 2 aliphatic heterocycles. The highest BCUT2D eigenvalue weighted by Gasteiger charge is 2.34. The lowest BCUT2D eigenvalue weighted by atomic mass is 9.95. The number of nitrogens with zero attached hydrogens (tertiary/aromatic N) is 2. The number of carbonyl (C=O) groups is 4. The molecule has 0 bridgehead atoms. The Kier molecular flexibility index (Phi) is 19.3. The van der Waals surface area contributed by atoms with Crippen molar-refractivity contribution in [1.29, 1.82) is 0 Å². The summed E-state index contributed by atoms with van der Waals surface area (Å²) in [5.74, 6) is -0.758. The molecule has 2 aliphatic rings. The number of carbonyl (C=O) groups excluding carboxylic acids is 4. The van der Waals surface area contributed by atoms with Crippen molar-refractivity contribution < 1.29 is 53.1 Å². The Bertz CT molecular complexity index is 1560. The SMILES string of the molecule is CC(C)[C@H]1C(=O)N[C@H](CO)Cc2cc(NC(=O)COCCOCCOCCOCCOCC(=O)Nc3ccc4c(c3)C[C@@H](CO)NC(=O)[C@H](C(C)C)N4C)ccc2N1C. The Morgan fingerprint density at radius 2 is 0.966 bits per heavy atom. The summed E-state index contributed by atoms with van der Waals surface area (Å²) in [6.45, 7) is 9.72. The van der Waals surface area contributed by atoms with Crippen molar-refractivity contribution in [1.82, 2.24) is 10.6 Å². The van der Waals surface area contributed by atoms with E-state index >= 15 is 0 Å². The van der Waals surface area contributed by atoms with E-state index in [0.717, 1.165) is 22.5 Å². The Labute approximate surface area is 347 Å². The monoisotopic (exact) mass is 828 g/mol. The van der Waals surface area contributed by atoms with E-state index in [1.807, 2.05) is 75.9 Å². The van der Waals surface area contributed by atoms with Crippen molar-refractivity contribution >= 4 is 46.4 Å². The number of benzene rings is 2. The molecular formula is C42H64N6O11. The van der Waals surface area contributed by atoms with Crippen molar-refractivity contribution in [3.05, 3.63) is 47.5 Å². The zero-order chi connectivity index (χ0) is 42.9. The molecular weight excluding hydrogens is 764 g/mol. The van der Waals surface area contributed by atoms with Gasteiger partial charge in [-0.1, -0.05) is 27.7 Å². The molecule has 2 aromatic rings. The molecule has 0 fully saturated rings. The first-order valence-corrected chi connectivity index (χ1v) is 20.3. The molecule has 2 aromatic carbocycles. The summed E-state index contributed by atoms with van der Waals surface area (Å²) in [4.78, 5) is 54.6. The lowest BCUT2D eigenvalue weighted by Crippen LogP contribution is -2.54. The van der Waals surface area contributed by atoms with Gasteiger partial charge in [0.1, 0.15) is 25.3 Å². The maximum atomic E-state index is 12.8. The van der Waals surface area contributed by atoms with Gasteiger partial charge in [0, 0.05) is 36.8 Å². The second-order valence-electron chi connectivity index (χ2n) is 15.5. The number of aliphatic hydroxyl groups is 2. The molecule has 0 saturated carbocycles. The highest BCUT2D eigenvalue weighted by Crippen LogP contribution is 2.31. The summed E-state index contributed by atoms with van der Waals surface area (Å²) < 4.78 is 27.5. The average molecular weight is 829 g/mol. The van der Waals surface area contributed by atoms with Crippen LogP contribution in [0.4, 0.5) is 22.7 Å². The minimum Gasteiger partial charge on any atom is -0.394 e. The van der Waals surface area contributed by atoms with E-state index in [-0.39, 0.29) is 75.1 Å². The summed E-state index contributed by atoms with van der Waals surface area (Å²) in [5.41, 5.74) is 4.78. The molecule has 6 N–H and O–H groups in total. The second-order valence-corrected chi connectivity index (χ2v) is 15.5. The molecule has 0 aliphatic carbocycles. The fourth-order valence-electron chi connectivity index (χ4n) is 7.42. The molecule has 0 radical (unpaired) electrons. The molecule has 59 heavy (non-hydrogen) atoms. The van der Waals surface area contributed by atoms with Crippen LogP contribution in [-0.4, -0.2) is 151 Å². The molecule has 2 heterocycles. The number of aliphatic hydroxyl groups excluding tert-OH is 2. The average Bonchev–Trinajstić information content (AvgIpc) is 3.17. The summed E-state index contributed by atoms with van der Waals surface area (Å²) in [7, 11) is 3.76. The summed E-state index contributed by atoms with van der Waals surface area (Å²) in [6, 6.07) is 9.45. The maximum Gasteiger partial charge on any atom is 0.250 e. The summed E-state index contributed by atoms with van der Waals surface area (Å²) in [5, 5.41) is 31.3. The van der Waals surface area contributed by atoms with Gasteiger partial charge in [0.2, 0.25) is 23.6 Å². The Morgan fingerprint density at radius 1 is 0.627 bits per heavy atom. The minimum absolute atomic E-state index is 0.0510. The van der Waals surface area contributed by atoms with Gasteiger partial charge in [-0.15, -0.1) is 0 Å². The third-order valence-corrected chi connectivity index (χ3v) is 10.1. The smallest absolute Gasteiger partial charge is 0.250 e. The number of likely N-dealkylation sites (N-methyl/N-ethyl adjacent to an activating group) is 2. The number of rotatable bonds is 22. The van der Waals surface area contributed by atoms with Gasteiger partial charge in [-0.05, 0) is 72.2 Å². The van der Waals surface area contributed by atoms with Crippen LogP contribution in [0.1, 0.15) is 38.8 Å². The zero-order valence-corrected chi connectivity index (χ0v) is 35.3. The van der Waals surface area contributed by atoms with Gasteiger partial charge >= 0.3 is 0 Å². The van der Waals surface area contributed by atoms with Crippen molar-refractivity contribution in [2.45, 2.75) is 64.7 Å². The van der Waals surface area contributed by atoms with Crippen molar-refractivity contribution in [2.24, 2.45) is 11.8 Å². The third-order valence-electron chi connectivity index (χ3n) is 10.1. The molecule has 0 spiro atoms. The molecule has 328 valence electrons. The van der Waals surface area contributed by atoms with E-state index in [0.29, 0.717) is 63.9 Å². The van der Waals surface area contributed by atoms with Gasteiger partial charge in [0.25, 0.3) is 0 Å². The fourth-order valence-corrected chi connectivity index (χ4v) is 7.42. The van der Waals surface area contributed by atoms with Gasteiger partial charge in [-0.3, -0.25) is 19.2 Å². The summed E-state index contributed by atoms with van der Waals surface area (Å²) >= 11 is 0. The molecule has 0 saturated heterocycles. The first kappa shape index (κ1) is 47.3. The van der Waals surface area contributed by atoms with E-state index in [2.05, 4.69) is 21.3 Å². The molecule has 0 unspecified atom stereocenters. The largest absolute Gasteiger partial charge is 0.394 e. The van der Waals surface area contributed by atoms with E-state index in [4.69, 9.17) is 23.7 Å². The van der Waals surface area contributed by atoms with Crippen LogP contribution in [-0.2, 0) is 55.7 Å². The number of amides is 4. The predicted octanol–water partition coefficient (Wildman–Crippen LogP) is 1.33. The quantitative estimate of drug-likeness (QED) is 0.0928. The second kappa shape index (κ2) is 24.0. The molecule has 4 atom stereocenters. The van der Waals surface area contributed by atoms with Crippen LogP contribution in [0.15, 0.2) is 36.4 Å². The lowest BCUT2D eigenvalue weighted by Gasteiger charge is -2.37. The van der Waals surface area contributed by atoms with E-state index in [1.54, 1.807) is 12.1 Å². The number of hydrogen-bond donors (Lipinski definition) is 6. The number of hydrogen-bond acceptors (Lipinski definition) is 13. The van der Waals surface area contributed by atoms with Gasteiger partial charge < -0.3 is 65.0 Å². The van der Waals surface area contributed by atoms with Crippen LogP contribution in [0.5, 0.6) is 0 Å². The Balaban J connectivity index is 1.02. The van der Waals surface area contributed by atoms with E-state index in [9.17, 15) is 29.4 Å². The number of fused-ring (bicyclic) bond motifs is 2. The van der Waals surface area contributed by atoms with Gasteiger partial charge in [0.15, 0.2) is 0 Å². The third kappa shape index (κ3) is 14.4. The zero-order valence-electron chi connectivity index (χ0n) is 35.3. The molecule has 4 rings (SSSR count). The fraction of sp³-hybridized carbons (Fsp3) is 0.619. The van der Waals surface area contributed by atoms with Gasteiger partial charge in [-0.25, -0.2) is 0 Å². The van der Waals surface area contributed by atoms with E-state index < -0.39 is 24.2 Å². The first-order valence-electron chi connectivity index (χ1n) is 20.3. The first-order chi connectivity index (χ1) is 28.3. The van der Waals surface area contributed by atoms with Crippen molar-refractivity contribution in [3.63, 3.8) is 0 Å². The molecule has 17 nitrogen and oxygen atoms in total. The van der Waals surface area contributed by atoms with Crippen LogP contribution < -0.4 is 31.1 Å². The highest BCUT2D eigenvalue weighted by atomic mass is 16.6. The maximum absolute atomic E-state index is 12.8. The van der Waals surface area contributed by atoms with Crippen molar-refractivity contribution in [2.75, 3.05) is 114 Å². The van der Waals surface area contributed by atoms with Crippen LogP contribution in [0.25, 0.3) is 0 Å². The topological polar surface area (TPSA) is 209 Å². The van der Waals surface area contributed by atoms with Crippen molar-refractivity contribution in [3.8, 4) is 0 Å². The summed E-state index contributed by atoms with van der Waals surface area (Å²) in [6.07, 6.45) is 0.850. The van der Waals surface area contributed by atoms with Crippen LogP contribution in [0, 0.1) is 11.8 Å².